The molecular weight excluding hydrogens is 232 g/mol. The second-order valence-electron chi connectivity index (χ2n) is 3.95. The smallest absolute Gasteiger partial charge is 0.347 e. The van der Waals surface area contributed by atoms with Crippen molar-refractivity contribution in [1.82, 2.24) is 0 Å². The Morgan fingerprint density at radius 3 is 2.78 bits per heavy atom. The summed E-state index contributed by atoms with van der Waals surface area (Å²) in [5.74, 6) is 0.545. The van der Waals surface area contributed by atoms with E-state index in [-0.39, 0.29) is 5.75 Å². The molecule has 90 valence electrons. The number of hydrogen-bond acceptors (Lipinski definition) is 4. The number of phenols is 1. The molecule has 0 aliphatic heterocycles. The maximum Gasteiger partial charge on any atom is 0.347 e. The van der Waals surface area contributed by atoms with Crippen molar-refractivity contribution in [2.24, 2.45) is 0 Å². The van der Waals surface area contributed by atoms with E-state index in [0.29, 0.717) is 16.7 Å². The molecule has 1 N–H and O–H groups in total. The third-order valence-corrected chi connectivity index (χ3v) is 2.91. The maximum absolute atomic E-state index is 12.0. The van der Waals surface area contributed by atoms with E-state index in [2.05, 4.69) is 0 Å². The maximum atomic E-state index is 12.0. The number of benzene rings is 2. The van der Waals surface area contributed by atoms with Crippen LogP contribution in [-0.4, -0.2) is 12.2 Å². The predicted octanol–water partition coefficient (Wildman–Crippen LogP) is 2.66. The monoisotopic (exact) mass is 242 g/mol. The summed E-state index contributed by atoms with van der Waals surface area (Å²) < 4.78 is 10.4. The second kappa shape index (κ2) is 3.77. The van der Waals surface area contributed by atoms with Gasteiger partial charge in [0.25, 0.3) is 0 Å². The fourth-order valence-corrected chi connectivity index (χ4v) is 2.11. The van der Waals surface area contributed by atoms with Crippen LogP contribution in [0.1, 0.15) is 0 Å². The average molecular weight is 242 g/mol. The Hall–Kier alpha value is -2.49. The van der Waals surface area contributed by atoms with Crippen LogP contribution in [-0.2, 0) is 0 Å². The molecule has 1 aromatic heterocycles. The van der Waals surface area contributed by atoms with Crippen LogP contribution < -0.4 is 10.4 Å². The van der Waals surface area contributed by atoms with Gasteiger partial charge in [-0.3, -0.25) is 0 Å². The van der Waals surface area contributed by atoms with Gasteiger partial charge in [0.1, 0.15) is 22.5 Å². The molecule has 4 heteroatoms. The molecule has 0 spiro atoms. The lowest BCUT2D eigenvalue weighted by atomic mass is 10.1. The third kappa shape index (κ3) is 1.43. The Balaban J connectivity index is 2.59. The number of aromatic hydroxyl groups is 1. The summed E-state index contributed by atoms with van der Waals surface area (Å²) in [5.41, 5.74) is -0.110. The van der Waals surface area contributed by atoms with Crippen LogP contribution in [0.5, 0.6) is 11.5 Å². The molecule has 0 saturated heterocycles. The lowest BCUT2D eigenvalue weighted by Gasteiger charge is -2.06. The SMILES string of the molecule is COc1cccc2c1c(=O)oc1cc(O)ccc12. The van der Waals surface area contributed by atoms with E-state index < -0.39 is 5.63 Å². The van der Waals surface area contributed by atoms with Crippen LogP contribution in [0.25, 0.3) is 21.7 Å². The van der Waals surface area contributed by atoms with Crippen molar-refractivity contribution in [2.45, 2.75) is 0 Å². The first-order chi connectivity index (χ1) is 8.70. The minimum absolute atomic E-state index is 0.0629. The molecule has 0 unspecified atom stereocenters. The highest BCUT2D eigenvalue weighted by molar-refractivity contribution is 6.06. The van der Waals surface area contributed by atoms with Crippen molar-refractivity contribution in [2.75, 3.05) is 7.11 Å². The van der Waals surface area contributed by atoms with Crippen molar-refractivity contribution in [3.63, 3.8) is 0 Å². The van der Waals surface area contributed by atoms with Crippen LogP contribution in [0.15, 0.2) is 45.6 Å². The summed E-state index contributed by atoms with van der Waals surface area (Å²) in [6.45, 7) is 0. The summed E-state index contributed by atoms with van der Waals surface area (Å²) >= 11 is 0. The first-order valence-corrected chi connectivity index (χ1v) is 5.43. The predicted molar refractivity (Wildman–Crippen MR) is 68.2 cm³/mol. The number of phenolic OH excluding ortho intramolecular Hbond substituents is 1. The van der Waals surface area contributed by atoms with Crippen LogP contribution >= 0.6 is 0 Å². The van der Waals surface area contributed by atoms with Crippen molar-refractivity contribution >= 4 is 21.7 Å². The van der Waals surface area contributed by atoms with E-state index in [9.17, 15) is 9.90 Å². The van der Waals surface area contributed by atoms with Gasteiger partial charge in [-0.25, -0.2) is 4.79 Å². The molecule has 18 heavy (non-hydrogen) atoms. The van der Waals surface area contributed by atoms with E-state index in [1.807, 2.05) is 12.1 Å². The van der Waals surface area contributed by atoms with E-state index in [0.717, 1.165) is 10.8 Å². The van der Waals surface area contributed by atoms with Gasteiger partial charge in [-0.1, -0.05) is 12.1 Å². The number of rotatable bonds is 1. The molecule has 3 aromatic rings. The first kappa shape index (κ1) is 10.7. The summed E-state index contributed by atoms with van der Waals surface area (Å²) in [4.78, 5) is 12.0. The fraction of sp³-hybridized carbons (Fsp3) is 0.0714. The van der Waals surface area contributed by atoms with Crippen LogP contribution in [0.4, 0.5) is 0 Å². The average Bonchev–Trinajstić information content (AvgIpc) is 2.37. The van der Waals surface area contributed by atoms with Gasteiger partial charge in [-0.2, -0.15) is 0 Å². The zero-order chi connectivity index (χ0) is 12.7. The highest BCUT2D eigenvalue weighted by atomic mass is 16.5. The Kier molecular flexibility index (Phi) is 2.23. The highest BCUT2D eigenvalue weighted by Gasteiger charge is 2.11. The number of fused-ring (bicyclic) bond motifs is 3. The normalized spacial score (nSPS) is 10.9. The molecule has 0 fully saturated rings. The number of hydrogen-bond donors (Lipinski definition) is 1. The zero-order valence-corrected chi connectivity index (χ0v) is 9.64. The Morgan fingerprint density at radius 2 is 2.00 bits per heavy atom. The summed E-state index contributed by atoms with van der Waals surface area (Å²) in [7, 11) is 1.51. The van der Waals surface area contributed by atoms with Gasteiger partial charge in [0, 0.05) is 16.8 Å². The zero-order valence-electron chi connectivity index (χ0n) is 9.64. The molecule has 0 bridgehead atoms. The van der Waals surface area contributed by atoms with Crippen molar-refractivity contribution in [3.05, 3.63) is 46.8 Å². The minimum atomic E-state index is -0.472. The van der Waals surface area contributed by atoms with Crippen LogP contribution in [0.2, 0.25) is 0 Å². The lowest BCUT2D eigenvalue weighted by Crippen LogP contribution is -2.02. The molecule has 4 nitrogen and oxygen atoms in total. The molecule has 0 amide bonds. The minimum Gasteiger partial charge on any atom is -0.508 e. The topological polar surface area (TPSA) is 59.7 Å². The summed E-state index contributed by atoms with van der Waals surface area (Å²) in [5, 5.41) is 11.3. The summed E-state index contributed by atoms with van der Waals surface area (Å²) in [6, 6.07) is 10.1. The van der Waals surface area contributed by atoms with Crippen molar-refractivity contribution in [1.29, 1.82) is 0 Å². The largest absolute Gasteiger partial charge is 0.508 e. The van der Waals surface area contributed by atoms with E-state index >= 15 is 0 Å². The number of methoxy groups -OCH3 is 1. The third-order valence-electron chi connectivity index (χ3n) is 2.91. The molecule has 2 aromatic carbocycles. The number of ether oxygens (including phenoxy) is 1. The molecule has 0 radical (unpaired) electrons. The van der Waals surface area contributed by atoms with Crippen molar-refractivity contribution in [3.8, 4) is 11.5 Å². The summed E-state index contributed by atoms with van der Waals surface area (Å²) in [6.07, 6.45) is 0. The van der Waals surface area contributed by atoms with Gasteiger partial charge >= 0.3 is 5.63 Å². The van der Waals surface area contributed by atoms with Gasteiger partial charge in [-0.15, -0.1) is 0 Å². The molecule has 0 atom stereocenters. The lowest BCUT2D eigenvalue weighted by molar-refractivity contribution is 0.418. The Bertz CT molecular complexity index is 802. The molecule has 0 aliphatic carbocycles. The van der Waals surface area contributed by atoms with Gasteiger partial charge in [0.15, 0.2) is 0 Å². The van der Waals surface area contributed by atoms with Crippen LogP contribution in [0, 0.1) is 0 Å². The van der Waals surface area contributed by atoms with Crippen molar-refractivity contribution < 1.29 is 14.3 Å². The molecule has 0 saturated carbocycles. The quantitative estimate of drug-likeness (QED) is 0.526. The van der Waals surface area contributed by atoms with Crippen LogP contribution in [0.3, 0.4) is 0 Å². The van der Waals surface area contributed by atoms with E-state index in [4.69, 9.17) is 9.15 Å². The van der Waals surface area contributed by atoms with Gasteiger partial charge in [-0.05, 0) is 18.2 Å². The van der Waals surface area contributed by atoms with E-state index in [1.54, 1.807) is 18.2 Å². The molecule has 3 rings (SSSR count). The first-order valence-electron chi connectivity index (χ1n) is 5.43. The molecule has 0 aliphatic rings. The molecular formula is C14H10O4. The highest BCUT2D eigenvalue weighted by Crippen LogP contribution is 2.30. The Labute approximate surface area is 102 Å². The van der Waals surface area contributed by atoms with Gasteiger partial charge in [0.05, 0.1) is 7.11 Å². The fourth-order valence-electron chi connectivity index (χ4n) is 2.11. The van der Waals surface area contributed by atoms with Gasteiger partial charge < -0.3 is 14.3 Å². The van der Waals surface area contributed by atoms with Gasteiger partial charge in [0.2, 0.25) is 0 Å². The molecule has 1 heterocycles. The second-order valence-corrected chi connectivity index (χ2v) is 3.95. The standard InChI is InChI=1S/C14H10O4/c1-17-11-4-2-3-10-9-6-5-8(15)7-12(9)18-14(16)13(10)11/h2-7,15H,1H3. The van der Waals surface area contributed by atoms with E-state index in [1.165, 1.54) is 13.2 Å². The Morgan fingerprint density at radius 1 is 1.17 bits per heavy atom.